The van der Waals surface area contributed by atoms with Crippen molar-refractivity contribution in [3.05, 3.63) is 0 Å². The number of fused-ring (bicyclic) bond motifs is 2. The van der Waals surface area contributed by atoms with Crippen molar-refractivity contribution < 1.29 is 0 Å². The second kappa shape index (κ2) is 6.53. The molecule has 0 aromatic heterocycles. The Kier molecular flexibility index (Phi) is 4.49. The molecule has 0 aromatic rings. The van der Waals surface area contributed by atoms with Crippen molar-refractivity contribution in [2.45, 2.75) is 56.7 Å². The fraction of sp³-hybridized carbons (Fsp3) is 1.00. The summed E-state index contributed by atoms with van der Waals surface area (Å²) < 4.78 is 0. The van der Waals surface area contributed by atoms with Gasteiger partial charge in [-0.15, -0.1) is 0 Å². The minimum Gasteiger partial charge on any atom is -0.317 e. The third-order valence-electron chi connectivity index (χ3n) is 6.45. The number of nitrogens with zero attached hydrogens (tertiary/aromatic N) is 2. The van der Waals surface area contributed by atoms with Gasteiger partial charge in [0, 0.05) is 31.2 Å². The number of nitrogens with one attached hydrogen (secondary N) is 2. The van der Waals surface area contributed by atoms with E-state index in [0.717, 1.165) is 24.0 Å². The van der Waals surface area contributed by atoms with Crippen molar-refractivity contribution in [2.24, 2.45) is 5.92 Å². The first-order valence-electron chi connectivity index (χ1n) is 9.31. The van der Waals surface area contributed by atoms with Gasteiger partial charge in [0.25, 0.3) is 0 Å². The van der Waals surface area contributed by atoms with Crippen molar-refractivity contribution in [3.63, 3.8) is 0 Å². The molecule has 0 spiro atoms. The van der Waals surface area contributed by atoms with Gasteiger partial charge in [-0.25, -0.2) is 0 Å². The number of rotatable bonds is 4. The van der Waals surface area contributed by atoms with Crippen LogP contribution in [-0.2, 0) is 0 Å². The molecule has 21 heavy (non-hydrogen) atoms. The van der Waals surface area contributed by atoms with Crippen LogP contribution in [0.15, 0.2) is 0 Å². The summed E-state index contributed by atoms with van der Waals surface area (Å²) in [5, 5.41) is 6.99. The van der Waals surface area contributed by atoms with E-state index in [9.17, 15) is 0 Å². The predicted octanol–water partition coefficient (Wildman–Crippen LogP) is 0.887. The van der Waals surface area contributed by atoms with Crippen molar-refractivity contribution in [1.29, 1.82) is 0 Å². The summed E-state index contributed by atoms with van der Waals surface area (Å²) in [5.41, 5.74) is 0. The van der Waals surface area contributed by atoms with Gasteiger partial charge in [-0.1, -0.05) is 0 Å². The van der Waals surface area contributed by atoms with E-state index in [0.29, 0.717) is 0 Å². The van der Waals surface area contributed by atoms with Gasteiger partial charge >= 0.3 is 0 Å². The standard InChI is InChI=1S/C17H32N4/c1-6-18-7-2-14(1)5-10-21-16-11-17(21)13-20(12-16)15-3-8-19-9-4-15/h14-19H,1-13H2. The molecule has 0 aromatic carbocycles. The van der Waals surface area contributed by atoms with Crippen molar-refractivity contribution >= 4 is 0 Å². The van der Waals surface area contributed by atoms with Crippen LogP contribution in [0, 0.1) is 5.92 Å². The van der Waals surface area contributed by atoms with E-state index < -0.39 is 0 Å². The van der Waals surface area contributed by atoms with Crippen LogP contribution in [0.1, 0.15) is 38.5 Å². The Bertz CT molecular complexity index is 324. The normalized spacial score (nSPS) is 36.6. The summed E-state index contributed by atoms with van der Waals surface area (Å²) in [6.45, 7) is 9.05. The van der Waals surface area contributed by atoms with E-state index in [1.54, 1.807) is 0 Å². The molecule has 2 N–H and O–H groups in total. The van der Waals surface area contributed by atoms with Crippen LogP contribution in [0.2, 0.25) is 0 Å². The second-order valence-corrected chi connectivity index (χ2v) is 7.70. The Balaban J connectivity index is 1.23. The maximum atomic E-state index is 3.50. The lowest BCUT2D eigenvalue weighted by Gasteiger charge is -2.58. The van der Waals surface area contributed by atoms with Gasteiger partial charge in [0.05, 0.1) is 0 Å². The minimum absolute atomic E-state index is 0.878. The molecule has 2 bridgehead atoms. The first-order valence-corrected chi connectivity index (χ1v) is 9.31. The molecule has 5 saturated heterocycles. The van der Waals surface area contributed by atoms with Gasteiger partial charge in [-0.2, -0.15) is 0 Å². The zero-order valence-corrected chi connectivity index (χ0v) is 13.4. The summed E-state index contributed by atoms with van der Waals surface area (Å²) >= 11 is 0. The van der Waals surface area contributed by atoms with Gasteiger partial charge in [-0.3, -0.25) is 9.80 Å². The maximum Gasteiger partial charge on any atom is 0.0242 e. The lowest BCUT2D eigenvalue weighted by Crippen LogP contribution is -2.70. The van der Waals surface area contributed by atoms with Crippen molar-refractivity contribution in [3.8, 4) is 0 Å². The quantitative estimate of drug-likeness (QED) is 0.805. The van der Waals surface area contributed by atoms with E-state index in [-0.39, 0.29) is 0 Å². The summed E-state index contributed by atoms with van der Waals surface area (Å²) in [4.78, 5) is 5.67. The Hall–Kier alpha value is -0.160. The molecule has 5 heterocycles. The van der Waals surface area contributed by atoms with Gasteiger partial charge < -0.3 is 10.6 Å². The van der Waals surface area contributed by atoms with Crippen LogP contribution in [0.25, 0.3) is 0 Å². The zero-order valence-electron chi connectivity index (χ0n) is 13.4. The minimum atomic E-state index is 0.878. The number of piperazine rings is 1. The molecule has 2 unspecified atom stereocenters. The summed E-state index contributed by atoms with van der Waals surface area (Å²) in [7, 11) is 0. The van der Waals surface area contributed by atoms with Crippen LogP contribution in [0.5, 0.6) is 0 Å². The molecule has 4 heteroatoms. The molecule has 120 valence electrons. The number of hydrogen-bond acceptors (Lipinski definition) is 4. The number of piperidine rings is 3. The molecule has 5 aliphatic rings. The van der Waals surface area contributed by atoms with Crippen LogP contribution >= 0.6 is 0 Å². The predicted molar refractivity (Wildman–Crippen MR) is 86.6 cm³/mol. The maximum absolute atomic E-state index is 3.50. The first-order chi connectivity index (χ1) is 10.4. The molecule has 4 nitrogen and oxygen atoms in total. The molecular weight excluding hydrogens is 260 g/mol. The van der Waals surface area contributed by atoms with E-state index in [2.05, 4.69) is 20.4 Å². The summed E-state index contributed by atoms with van der Waals surface area (Å²) in [6, 6.07) is 2.66. The van der Waals surface area contributed by atoms with Gasteiger partial charge in [0.1, 0.15) is 0 Å². The van der Waals surface area contributed by atoms with E-state index in [1.807, 2.05) is 0 Å². The third-order valence-corrected chi connectivity index (χ3v) is 6.45. The van der Waals surface area contributed by atoms with E-state index in [4.69, 9.17) is 0 Å². The largest absolute Gasteiger partial charge is 0.317 e. The Morgan fingerprint density at radius 3 is 2.05 bits per heavy atom. The average molecular weight is 292 g/mol. The second-order valence-electron chi connectivity index (χ2n) is 7.70. The molecule has 0 aliphatic carbocycles. The number of hydrogen-bond donors (Lipinski definition) is 2. The highest BCUT2D eigenvalue weighted by Crippen LogP contribution is 2.35. The molecule has 5 rings (SSSR count). The Labute approximate surface area is 129 Å². The van der Waals surface area contributed by atoms with Gasteiger partial charge in [0.15, 0.2) is 0 Å². The van der Waals surface area contributed by atoms with E-state index in [1.165, 1.54) is 84.3 Å². The smallest absolute Gasteiger partial charge is 0.0242 e. The highest BCUT2D eigenvalue weighted by molar-refractivity contribution is 5.02. The lowest BCUT2D eigenvalue weighted by molar-refractivity contribution is -0.0872. The van der Waals surface area contributed by atoms with Crippen LogP contribution in [0.4, 0.5) is 0 Å². The highest BCUT2D eigenvalue weighted by Gasteiger charge is 2.45. The first kappa shape index (κ1) is 14.4. The third kappa shape index (κ3) is 3.14. The molecule has 0 saturated carbocycles. The van der Waals surface area contributed by atoms with Crippen molar-refractivity contribution in [1.82, 2.24) is 20.4 Å². The molecule has 0 amide bonds. The molecule has 0 radical (unpaired) electrons. The molecule has 5 aliphatic heterocycles. The summed E-state index contributed by atoms with van der Waals surface area (Å²) in [5.74, 6) is 0.994. The van der Waals surface area contributed by atoms with Crippen LogP contribution in [-0.4, -0.2) is 73.7 Å². The topological polar surface area (TPSA) is 30.5 Å². The fourth-order valence-corrected chi connectivity index (χ4v) is 5.06. The summed E-state index contributed by atoms with van der Waals surface area (Å²) in [6.07, 6.45) is 8.48. The monoisotopic (exact) mass is 292 g/mol. The van der Waals surface area contributed by atoms with Crippen LogP contribution < -0.4 is 10.6 Å². The van der Waals surface area contributed by atoms with Crippen LogP contribution in [0.3, 0.4) is 0 Å². The Morgan fingerprint density at radius 1 is 0.762 bits per heavy atom. The van der Waals surface area contributed by atoms with E-state index >= 15 is 0 Å². The van der Waals surface area contributed by atoms with Gasteiger partial charge in [-0.05, 0) is 77.2 Å². The molecular formula is C17H32N4. The molecule has 5 fully saturated rings. The fourth-order valence-electron chi connectivity index (χ4n) is 5.06. The Morgan fingerprint density at radius 2 is 1.38 bits per heavy atom. The van der Waals surface area contributed by atoms with Crippen molar-refractivity contribution in [2.75, 3.05) is 45.8 Å². The SMILES string of the molecule is C1CC(CCN2C3CC2CN(C2CCNCC2)C3)CCN1. The highest BCUT2D eigenvalue weighted by atomic mass is 15.4. The average Bonchev–Trinajstić information content (AvgIpc) is 2.57. The molecule has 2 atom stereocenters. The lowest BCUT2D eigenvalue weighted by atomic mass is 9.84. The zero-order chi connectivity index (χ0) is 14.1. The van der Waals surface area contributed by atoms with Gasteiger partial charge in [0.2, 0.25) is 0 Å².